The molecular weight excluding hydrogens is 308 g/mol. The highest BCUT2D eigenvalue weighted by molar-refractivity contribution is 5.95. The number of carbonyl (C=O) groups excluding carboxylic acids is 2. The largest absolute Gasteiger partial charge is 0.343 e. The van der Waals surface area contributed by atoms with E-state index in [0.29, 0.717) is 5.56 Å². The normalized spacial score (nSPS) is 11.9. The summed E-state index contributed by atoms with van der Waals surface area (Å²) in [5.74, 6) is -0.712. The van der Waals surface area contributed by atoms with Crippen molar-refractivity contribution >= 4 is 22.8 Å². The molecule has 122 valence electrons. The van der Waals surface area contributed by atoms with Crippen molar-refractivity contribution in [2.75, 3.05) is 0 Å². The first-order chi connectivity index (χ1) is 11.6. The van der Waals surface area contributed by atoms with E-state index < -0.39 is 5.91 Å². The Bertz CT molecular complexity index is 870. The van der Waals surface area contributed by atoms with Gasteiger partial charge in [0.2, 0.25) is 0 Å². The zero-order valence-electron chi connectivity index (χ0n) is 12.9. The number of H-pyrrole nitrogens is 1. The molecule has 1 heterocycles. The van der Waals surface area contributed by atoms with Gasteiger partial charge in [-0.3, -0.25) is 14.8 Å². The minimum atomic E-state index is -0.604. The van der Waals surface area contributed by atoms with Gasteiger partial charge < -0.3 is 10.3 Å². The van der Waals surface area contributed by atoms with E-state index in [-0.39, 0.29) is 17.8 Å². The van der Waals surface area contributed by atoms with Gasteiger partial charge in [0.05, 0.1) is 17.1 Å². The van der Waals surface area contributed by atoms with Crippen LogP contribution < -0.4 is 10.8 Å². The molecule has 4 N–H and O–H groups in total. The molecule has 0 radical (unpaired) electrons. The van der Waals surface area contributed by atoms with Gasteiger partial charge in [0.15, 0.2) is 5.82 Å². The van der Waals surface area contributed by atoms with Crippen LogP contribution in [0.2, 0.25) is 0 Å². The molecule has 3 aromatic rings. The number of hydroxylamine groups is 1. The van der Waals surface area contributed by atoms with Gasteiger partial charge in [0.1, 0.15) is 0 Å². The molecule has 24 heavy (non-hydrogen) atoms. The highest BCUT2D eigenvalue weighted by Gasteiger charge is 2.16. The number of para-hydroxylation sites is 2. The average molecular weight is 324 g/mol. The lowest BCUT2D eigenvalue weighted by molar-refractivity contribution is 0.0706. The first kappa shape index (κ1) is 15.7. The molecule has 7 nitrogen and oxygen atoms in total. The Balaban J connectivity index is 1.77. The minimum absolute atomic E-state index is 0.229. The van der Waals surface area contributed by atoms with Crippen LogP contribution in [0, 0.1) is 0 Å². The summed E-state index contributed by atoms with van der Waals surface area (Å²) in [5, 5.41) is 11.5. The van der Waals surface area contributed by atoms with Crippen molar-refractivity contribution < 1.29 is 14.8 Å². The second-order valence-corrected chi connectivity index (χ2v) is 5.36. The smallest absolute Gasteiger partial charge is 0.287 e. The summed E-state index contributed by atoms with van der Waals surface area (Å²) in [6.45, 7) is 1.80. The fourth-order valence-electron chi connectivity index (χ4n) is 2.42. The number of carbonyl (C=O) groups is 2. The van der Waals surface area contributed by atoms with Crippen LogP contribution >= 0.6 is 0 Å². The fraction of sp³-hybridized carbons (Fsp3) is 0.118. The summed E-state index contributed by atoms with van der Waals surface area (Å²) in [5.41, 5.74) is 4.14. The standard InChI is InChI=1S/C17H16N4O3/c1-10(11-5-4-6-12(9-11)16(22)21-24)18-17(23)15-19-13-7-2-3-8-14(13)20-15/h2-10,24H,1H3,(H,18,23)(H,19,20)(H,21,22). The van der Waals surface area contributed by atoms with Crippen LogP contribution in [0.25, 0.3) is 11.0 Å². The zero-order valence-corrected chi connectivity index (χ0v) is 12.9. The van der Waals surface area contributed by atoms with E-state index in [0.717, 1.165) is 16.6 Å². The average Bonchev–Trinajstić information content (AvgIpc) is 3.05. The fourth-order valence-corrected chi connectivity index (χ4v) is 2.42. The van der Waals surface area contributed by atoms with Crippen molar-refractivity contribution in [3.8, 4) is 0 Å². The molecule has 1 atom stereocenters. The molecule has 0 saturated heterocycles. The summed E-state index contributed by atoms with van der Waals surface area (Å²) in [6, 6.07) is 13.7. The molecule has 0 aliphatic rings. The first-order valence-electron chi connectivity index (χ1n) is 7.38. The molecule has 0 aliphatic carbocycles. The van der Waals surface area contributed by atoms with Gasteiger partial charge in [0, 0.05) is 5.56 Å². The Labute approximate surface area is 137 Å². The number of amides is 2. The molecule has 0 spiro atoms. The number of nitrogens with one attached hydrogen (secondary N) is 3. The molecule has 0 saturated carbocycles. The summed E-state index contributed by atoms with van der Waals surface area (Å²) in [6.07, 6.45) is 0. The zero-order chi connectivity index (χ0) is 17.1. The highest BCUT2D eigenvalue weighted by atomic mass is 16.5. The molecule has 1 unspecified atom stereocenters. The molecule has 0 aliphatic heterocycles. The van der Waals surface area contributed by atoms with Crippen LogP contribution in [0.5, 0.6) is 0 Å². The van der Waals surface area contributed by atoms with E-state index >= 15 is 0 Å². The summed E-state index contributed by atoms with van der Waals surface area (Å²) in [7, 11) is 0. The molecular formula is C17H16N4O3. The number of hydrogen-bond donors (Lipinski definition) is 4. The lowest BCUT2D eigenvalue weighted by atomic mass is 10.0. The Kier molecular flexibility index (Phi) is 4.26. The monoisotopic (exact) mass is 324 g/mol. The van der Waals surface area contributed by atoms with Crippen molar-refractivity contribution in [2.24, 2.45) is 0 Å². The van der Waals surface area contributed by atoms with Crippen LogP contribution in [-0.4, -0.2) is 27.0 Å². The summed E-state index contributed by atoms with van der Waals surface area (Å²) in [4.78, 5) is 31.0. The van der Waals surface area contributed by atoms with E-state index in [9.17, 15) is 9.59 Å². The molecule has 2 aromatic carbocycles. The van der Waals surface area contributed by atoms with Gasteiger partial charge in [-0.15, -0.1) is 0 Å². The van der Waals surface area contributed by atoms with Gasteiger partial charge in [-0.1, -0.05) is 24.3 Å². The molecule has 7 heteroatoms. The number of rotatable bonds is 4. The van der Waals surface area contributed by atoms with Gasteiger partial charge in [-0.05, 0) is 36.8 Å². The van der Waals surface area contributed by atoms with E-state index in [1.165, 1.54) is 0 Å². The SMILES string of the molecule is CC(NC(=O)c1nc2ccccc2[nH]1)c1cccc(C(=O)NO)c1. The van der Waals surface area contributed by atoms with Crippen LogP contribution in [-0.2, 0) is 0 Å². The quantitative estimate of drug-likeness (QED) is 0.436. The topological polar surface area (TPSA) is 107 Å². The summed E-state index contributed by atoms with van der Waals surface area (Å²) >= 11 is 0. The number of hydrogen-bond acceptors (Lipinski definition) is 4. The van der Waals surface area contributed by atoms with Crippen LogP contribution in [0.15, 0.2) is 48.5 Å². The third kappa shape index (κ3) is 3.11. The predicted octanol–water partition coefficient (Wildman–Crippen LogP) is 2.17. The van der Waals surface area contributed by atoms with Gasteiger partial charge >= 0.3 is 0 Å². The van der Waals surface area contributed by atoms with Crippen molar-refractivity contribution in [1.82, 2.24) is 20.8 Å². The third-order valence-corrected chi connectivity index (χ3v) is 3.70. The molecule has 2 amide bonds. The predicted molar refractivity (Wildman–Crippen MR) is 87.7 cm³/mol. The lowest BCUT2D eigenvalue weighted by Crippen LogP contribution is -2.28. The number of imidazole rings is 1. The maximum Gasteiger partial charge on any atom is 0.287 e. The second-order valence-electron chi connectivity index (χ2n) is 5.36. The number of aromatic amines is 1. The van der Waals surface area contributed by atoms with Gasteiger partial charge in [-0.25, -0.2) is 10.5 Å². The Morgan fingerprint density at radius 3 is 2.67 bits per heavy atom. The number of aromatic nitrogens is 2. The maximum atomic E-state index is 12.3. The molecule has 3 rings (SSSR count). The molecule has 1 aromatic heterocycles. The Morgan fingerprint density at radius 2 is 1.92 bits per heavy atom. The first-order valence-corrected chi connectivity index (χ1v) is 7.38. The van der Waals surface area contributed by atoms with Crippen LogP contribution in [0.4, 0.5) is 0 Å². The minimum Gasteiger partial charge on any atom is -0.343 e. The number of nitrogens with zero attached hydrogens (tertiary/aromatic N) is 1. The van der Waals surface area contributed by atoms with E-state index in [4.69, 9.17) is 5.21 Å². The van der Waals surface area contributed by atoms with Crippen molar-refractivity contribution in [1.29, 1.82) is 0 Å². The maximum absolute atomic E-state index is 12.3. The van der Waals surface area contributed by atoms with Crippen molar-refractivity contribution in [2.45, 2.75) is 13.0 Å². The highest BCUT2D eigenvalue weighted by Crippen LogP contribution is 2.16. The van der Waals surface area contributed by atoms with Crippen molar-refractivity contribution in [3.63, 3.8) is 0 Å². The molecule has 0 fully saturated rings. The Morgan fingerprint density at radius 1 is 1.12 bits per heavy atom. The third-order valence-electron chi connectivity index (χ3n) is 3.70. The second kappa shape index (κ2) is 6.51. The van der Waals surface area contributed by atoms with E-state index in [1.54, 1.807) is 36.7 Å². The van der Waals surface area contributed by atoms with Crippen LogP contribution in [0.3, 0.4) is 0 Å². The number of fused-ring (bicyclic) bond motifs is 1. The summed E-state index contributed by atoms with van der Waals surface area (Å²) < 4.78 is 0. The van der Waals surface area contributed by atoms with E-state index in [2.05, 4.69) is 15.3 Å². The van der Waals surface area contributed by atoms with Crippen LogP contribution in [0.1, 0.15) is 39.5 Å². The number of benzene rings is 2. The lowest BCUT2D eigenvalue weighted by Gasteiger charge is -2.14. The van der Waals surface area contributed by atoms with E-state index in [1.807, 2.05) is 24.3 Å². The van der Waals surface area contributed by atoms with Gasteiger partial charge in [0.25, 0.3) is 11.8 Å². The van der Waals surface area contributed by atoms with Crippen molar-refractivity contribution in [3.05, 3.63) is 65.5 Å². The molecule has 0 bridgehead atoms. The van der Waals surface area contributed by atoms with Gasteiger partial charge in [-0.2, -0.15) is 0 Å². The Hall–Kier alpha value is -3.19.